The largest absolute Gasteiger partial charge is 0.376 e. The molecule has 1 aliphatic heterocycles. The van der Waals surface area contributed by atoms with E-state index in [0.717, 1.165) is 29.4 Å². The number of nitriles is 1. The zero-order valence-electron chi connectivity index (χ0n) is 17.2. The fraction of sp³-hybridized carbons (Fsp3) is 0.391. The van der Waals surface area contributed by atoms with E-state index in [1.54, 1.807) is 0 Å². The average molecular weight is 409 g/mol. The number of thioether (sulfide) groups is 1. The van der Waals surface area contributed by atoms with Gasteiger partial charge in [0.25, 0.3) is 0 Å². The summed E-state index contributed by atoms with van der Waals surface area (Å²) in [5.74, 6) is 0.857. The van der Waals surface area contributed by atoms with Crippen molar-refractivity contribution in [1.29, 1.82) is 5.26 Å². The number of hydrogen-bond donors (Lipinski definition) is 2. The summed E-state index contributed by atoms with van der Waals surface area (Å²) in [5.41, 5.74) is 4.40. The third-order valence-corrected chi connectivity index (χ3v) is 6.38. The monoisotopic (exact) mass is 408 g/mol. The maximum atomic E-state index is 12.5. The SMILES string of the molecule is CC(C)C(C)N1Cc2cccc(NCC(=O)Nc3ccccc3SCC#N)c2C1. The number of rotatable bonds is 8. The lowest BCUT2D eigenvalue weighted by molar-refractivity contribution is -0.114. The van der Waals surface area contributed by atoms with Crippen LogP contribution in [0, 0.1) is 17.2 Å². The van der Waals surface area contributed by atoms with Crippen LogP contribution in [0.5, 0.6) is 0 Å². The molecule has 2 aromatic rings. The number of fused-ring (bicyclic) bond motifs is 1. The molecule has 29 heavy (non-hydrogen) atoms. The van der Waals surface area contributed by atoms with Gasteiger partial charge in [-0.25, -0.2) is 0 Å². The fourth-order valence-corrected chi connectivity index (χ4v) is 4.17. The Labute approximate surface area is 177 Å². The van der Waals surface area contributed by atoms with Gasteiger partial charge >= 0.3 is 0 Å². The van der Waals surface area contributed by atoms with Gasteiger partial charge in [0.1, 0.15) is 0 Å². The maximum Gasteiger partial charge on any atom is 0.243 e. The first kappa shape index (κ1) is 21.2. The Bertz CT molecular complexity index is 906. The lowest BCUT2D eigenvalue weighted by atomic mass is 10.1. The van der Waals surface area contributed by atoms with Gasteiger partial charge in [0.15, 0.2) is 0 Å². The summed E-state index contributed by atoms with van der Waals surface area (Å²) < 4.78 is 0. The minimum absolute atomic E-state index is 0.0991. The third kappa shape index (κ3) is 5.31. The number of para-hydroxylation sites is 1. The number of hydrogen-bond acceptors (Lipinski definition) is 5. The Morgan fingerprint density at radius 1 is 1.14 bits per heavy atom. The van der Waals surface area contributed by atoms with Crippen LogP contribution in [0.4, 0.5) is 11.4 Å². The molecule has 0 aliphatic carbocycles. The molecule has 0 bridgehead atoms. The molecule has 2 aromatic carbocycles. The number of nitrogens with zero attached hydrogens (tertiary/aromatic N) is 2. The zero-order chi connectivity index (χ0) is 20.8. The number of nitrogens with one attached hydrogen (secondary N) is 2. The van der Waals surface area contributed by atoms with Crippen molar-refractivity contribution in [2.75, 3.05) is 22.9 Å². The smallest absolute Gasteiger partial charge is 0.243 e. The molecule has 0 radical (unpaired) electrons. The normalized spacial score (nSPS) is 14.3. The first-order valence-electron chi connectivity index (χ1n) is 9.97. The van der Waals surface area contributed by atoms with E-state index in [1.807, 2.05) is 30.3 Å². The summed E-state index contributed by atoms with van der Waals surface area (Å²) in [5, 5.41) is 15.1. The van der Waals surface area contributed by atoms with Gasteiger partial charge in [-0.3, -0.25) is 9.69 Å². The van der Waals surface area contributed by atoms with Crippen LogP contribution in [0.15, 0.2) is 47.4 Å². The highest BCUT2D eigenvalue weighted by atomic mass is 32.2. The van der Waals surface area contributed by atoms with Crippen molar-refractivity contribution in [1.82, 2.24) is 4.90 Å². The fourth-order valence-electron chi connectivity index (χ4n) is 3.50. The molecule has 6 heteroatoms. The zero-order valence-corrected chi connectivity index (χ0v) is 18.1. The molecule has 3 rings (SSSR count). The Morgan fingerprint density at radius 2 is 1.90 bits per heavy atom. The minimum atomic E-state index is -0.0991. The van der Waals surface area contributed by atoms with E-state index in [-0.39, 0.29) is 12.5 Å². The lowest BCUT2D eigenvalue weighted by Gasteiger charge is -2.27. The van der Waals surface area contributed by atoms with Crippen molar-refractivity contribution in [2.45, 2.75) is 44.8 Å². The molecule has 0 aromatic heterocycles. The van der Waals surface area contributed by atoms with Gasteiger partial charge in [0, 0.05) is 29.7 Å². The predicted octanol–water partition coefficient (Wildman–Crippen LogP) is 4.71. The number of anilines is 2. The minimum Gasteiger partial charge on any atom is -0.376 e. The molecule has 1 unspecified atom stereocenters. The summed E-state index contributed by atoms with van der Waals surface area (Å²) in [7, 11) is 0. The first-order chi connectivity index (χ1) is 14.0. The van der Waals surface area contributed by atoms with Gasteiger partial charge < -0.3 is 10.6 Å². The average Bonchev–Trinajstić information content (AvgIpc) is 3.15. The molecule has 1 aliphatic rings. The van der Waals surface area contributed by atoms with Crippen LogP contribution in [-0.4, -0.2) is 29.1 Å². The van der Waals surface area contributed by atoms with E-state index in [2.05, 4.69) is 54.5 Å². The van der Waals surface area contributed by atoms with Gasteiger partial charge in [0.05, 0.1) is 24.1 Å². The van der Waals surface area contributed by atoms with Gasteiger partial charge in [-0.05, 0) is 42.2 Å². The molecule has 2 N–H and O–H groups in total. The summed E-state index contributed by atoms with van der Waals surface area (Å²) in [4.78, 5) is 15.9. The van der Waals surface area contributed by atoms with Crippen molar-refractivity contribution in [2.24, 2.45) is 5.92 Å². The first-order valence-corrected chi connectivity index (χ1v) is 11.0. The van der Waals surface area contributed by atoms with E-state index in [0.29, 0.717) is 17.7 Å². The second kappa shape index (κ2) is 9.82. The number of carbonyl (C=O) groups is 1. The van der Waals surface area contributed by atoms with Gasteiger partial charge in [-0.2, -0.15) is 5.26 Å². The van der Waals surface area contributed by atoms with E-state index in [9.17, 15) is 4.79 Å². The Balaban J connectivity index is 1.62. The molecular formula is C23H28N4OS. The quantitative estimate of drug-likeness (QED) is 0.619. The van der Waals surface area contributed by atoms with Crippen LogP contribution >= 0.6 is 11.8 Å². The van der Waals surface area contributed by atoms with Crippen LogP contribution in [0.3, 0.4) is 0 Å². The highest BCUT2D eigenvalue weighted by Crippen LogP contribution is 2.32. The van der Waals surface area contributed by atoms with Crippen LogP contribution < -0.4 is 10.6 Å². The van der Waals surface area contributed by atoms with Gasteiger partial charge in [0.2, 0.25) is 5.91 Å². The second-order valence-corrected chi connectivity index (χ2v) is 8.69. The highest BCUT2D eigenvalue weighted by molar-refractivity contribution is 7.99. The third-order valence-electron chi connectivity index (χ3n) is 5.44. The van der Waals surface area contributed by atoms with E-state index in [1.165, 1.54) is 22.9 Å². The molecule has 0 saturated heterocycles. The standard InChI is InChI=1S/C23H28N4OS/c1-16(2)17(3)27-14-18-7-6-9-20(19(18)15-27)25-13-23(28)26-21-8-4-5-10-22(21)29-12-11-24/h4-10,16-17,25H,12-15H2,1-3H3,(H,26,28). The number of amides is 1. The van der Waals surface area contributed by atoms with Crippen LogP contribution in [0.25, 0.3) is 0 Å². The Hall–Kier alpha value is -2.49. The summed E-state index contributed by atoms with van der Waals surface area (Å²) >= 11 is 1.42. The molecule has 0 spiro atoms. The summed E-state index contributed by atoms with van der Waals surface area (Å²) in [6, 6.07) is 16.5. The van der Waals surface area contributed by atoms with E-state index >= 15 is 0 Å². The number of benzene rings is 2. The van der Waals surface area contributed by atoms with Crippen LogP contribution in [0.2, 0.25) is 0 Å². The van der Waals surface area contributed by atoms with E-state index < -0.39 is 0 Å². The molecule has 152 valence electrons. The van der Waals surface area contributed by atoms with Crippen LogP contribution in [0.1, 0.15) is 31.9 Å². The summed E-state index contributed by atoms with van der Waals surface area (Å²) in [6.45, 7) is 8.85. The molecule has 1 heterocycles. The van der Waals surface area contributed by atoms with Crippen molar-refractivity contribution >= 4 is 29.0 Å². The lowest BCUT2D eigenvalue weighted by Crippen LogP contribution is -2.32. The van der Waals surface area contributed by atoms with Crippen molar-refractivity contribution < 1.29 is 4.79 Å². The Morgan fingerprint density at radius 3 is 2.66 bits per heavy atom. The highest BCUT2D eigenvalue weighted by Gasteiger charge is 2.26. The predicted molar refractivity (Wildman–Crippen MR) is 120 cm³/mol. The molecular weight excluding hydrogens is 380 g/mol. The molecule has 0 fully saturated rings. The Kier molecular flexibility index (Phi) is 7.18. The summed E-state index contributed by atoms with van der Waals surface area (Å²) in [6.07, 6.45) is 0. The van der Waals surface area contributed by atoms with E-state index in [4.69, 9.17) is 5.26 Å². The number of carbonyl (C=O) groups excluding carboxylic acids is 1. The second-order valence-electron chi connectivity index (χ2n) is 7.68. The molecule has 5 nitrogen and oxygen atoms in total. The van der Waals surface area contributed by atoms with Crippen molar-refractivity contribution in [3.8, 4) is 6.07 Å². The van der Waals surface area contributed by atoms with Gasteiger partial charge in [-0.1, -0.05) is 38.1 Å². The molecule has 0 saturated carbocycles. The molecule has 1 atom stereocenters. The van der Waals surface area contributed by atoms with Gasteiger partial charge in [-0.15, -0.1) is 11.8 Å². The molecule has 1 amide bonds. The van der Waals surface area contributed by atoms with Crippen LogP contribution in [-0.2, 0) is 17.9 Å². The van der Waals surface area contributed by atoms with Crippen molar-refractivity contribution in [3.63, 3.8) is 0 Å². The maximum absolute atomic E-state index is 12.5. The topological polar surface area (TPSA) is 68.2 Å². The van der Waals surface area contributed by atoms with Crippen molar-refractivity contribution in [3.05, 3.63) is 53.6 Å².